The molecule has 0 bridgehead atoms. The first-order valence-corrected chi connectivity index (χ1v) is 10.7. The molecule has 0 atom stereocenters. The van der Waals surface area contributed by atoms with E-state index in [4.69, 9.17) is 9.47 Å². The van der Waals surface area contributed by atoms with E-state index in [-0.39, 0.29) is 0 Å². The van der Waals surface area contributed by atoms with E-state index in [1.165, 1.54) is 21.5 Å². The highest BCUT2D eigenvalue weighted by atomic mass is 16.5. The van der Waals surface area contributed by atoms with Crippen molar-refractivity contribution in [3.05, 3.63) is 120 Å². The number of methoxy groups -OCH3 is 2. The van der Waals surface area contributed by atoms with Crippen molar-refractivity contribution < 1.29 is 9.47 Å². The Balaban J connectivity index is 1.73. The molecule has 0 fully saturated rings. The summed E-state index contributed by atoms with van der Waals surface area (Å²) in [5.41, 5.74) is 4.45. The van der Waals surface area contributed by atoms with Gasteiger partial charge in [0, 0.05) is 6.07 Å². The van der Waals surface area contributed by atoms with Gasteiger partial charge in [0.05, 0.1) is 14.2 Å². The summed E-state index contributed by atoms with van der Waals surface area (Å²) < 4.78 is 11.1. The van der Waals surface area contributed by atoms with Crippen LogP contribution >= 0.6 is 0 Å². The van der Waals surface area contributed by atoms with Crippen molar-refractivity contribution >= 4 is 33.2 Å². The highest BCUT2D eigenvalue weighted by Gasteiger charge is 2.11. The Bertz CT molecular complexity index is 1420. The molecule has 0 spiro atoms. The van der Waals surface area contributed by atoms with Crippen LogP contribution < -0.4 is 9.47 Å². The third kappa shape index (κ3) is 3.95. The molecule has 0 aromatic heterocycles. The SMILES string of the molecule is COc1cc(OC)cc(/C(=C/c2ccc3ccccc3c2)c2ccc3ccccc3c2)c1. The Morgan fingerprint density at radius 1 is 0.531 bits per heavy atom. The molecule has 0 saturated heterocycles. The maximum atomic E-state index is 5.55. The van der Waals surface area contributed by atoms with Crippen molar-refractivity contribution in [1.29, 1.82) is 0 Å². The number of hydrogen-bond acceptors (Lipinski definition) is 2. The lowest BCUT2D eigenvalue weighted by Gasteiger charge is -2.14. The molecule has 0 aliphatic rings. The van der Waals surface area contributed by atoms with Gasteiger partial charge in [0.15, 0.2) is 0 Å². The van der Waals surface area contributed by atoms with Gasteiger partial charge in [-0.2, -0.15) is 0 Å². The molecule has 0 unspecified atom stereocenters. The van der Waals surface area contributed by atoms with Gasteiger partial charge < -0.3 is 9.47 Å². The Morgan fingerprint density at radius 3 is 1.72 bits per heavy atom. The van der Waals surface area contributed by atoms with E-state index >= 15 is 0 Å². The van der Waals surface area contributed by atoms with Crippen LogP contribution in [0.5, 0.6) is 11.5 Å². The maximum Gasteiger partial charge on any atom is 0.123 e. The normalized spacial score (nSPS) is 11.6. The second kappa shape index (κ2) is 8.60. The van der Waals surface area contributed by atoms with Crippen molar-refractivity contribution in [2.45, 2.75) is 0 Å². The van der Waals surface area contributed by atoms with E-state index in [2.05, 4.69) is 103 Å². The molecule has 0 aliphatic heterocycles. The quantitative estimate of drug-likeness (QED) is 0.275. The fourth-order valence-electron chi connectivity index (χ4n) is 4.12. The summed E-state index contributed by atoms with van der Waals surface area (Å²) in [7, 11) is 3.36. The maximum absolute atomic E-state index is 5.55. The molecule has 2 nitrogen and oxygen atoms in total. The molecule has 0 aliphatic carbocycles. The molecule has 156 valence electrons. The van der Waals surface area contributed by atoms with Gasteiger partial charge in [-0.15, -0.1) is 0 Å². The number of fused-ring (bicyclic) bond motifs is 2. The Morgan fingerprint density at radius 2 is 1.09 bits per heavy atom. The zero-order chi connectivity index (χ0) is 21.9. The first-order valence-electron chi connectivity index (χ1n) is 10.7. The van der Waals surface area contributed by atoms with E-state index in [0.717, 1.165) is 33.8 Å². The van der Waals surface area contributed by atoms with Crippen molar-refractivity contribution in [1.82, 2.24) is 0 Å². The van der Waals surface area contributed by atoms with Gasteiger partial charge in [0.25, 0.3) is 0 Å². The van der Waals surface area contributed by atoms with Crippen LogP contribution in [0.2, 0.25) is 0 Å². The van der Waals surface area contributed by atoms with Crippen LogP contribution in [0.15, 0.2) is 103 Å². The second-order valence-electron chi connectivity index (χ2n) is 7.83. The number of benzene rings is 5. The summed E-state index contributed by atoms with van der Waals surface area (Å²) in [6.45, 7) is 0. The average Bonchev–Trinajstić information content (AvgIpc) is 2.86. The van der Waals surface area contributed by atoms with Gasteiger partial charge >= 0.3 is 0 Å². The van der Waals surface area contributed by atoms with Gasteiger partial charge in [-0.3, -0.25) is 0 Å². The van der Waals surface area contributed by atoms with Gasteiger partial charge in [0.1, 0.15) is 11.5 Å². The lowest BCUT2D eigenvalue weighted by molar-refractivity contribution is 0.394. The minimum absolute atomic E-state index is 0.768. The molecule has 2 heteroatoms. The minimum atomic E-state index is 0.768. The lowest BCUT2D eigenvalue weighted by Crippen LogP contribution is -1.93. The summed E-state index contributed by atoms with van der Waals surface area (Å²) in [6.07, 6.45) is 2.24. The molecule has 0 N–H and O–H groups in total. The summed E-state index contributed by atoms with van der Waals surface area (Å²) in [6, 6.07) is 36.1. The van der Waals surface area contributed by atoms with E-state index in [9.17, 15) is 0 Å². The van der Waals surface area contributed by atoms with Crippen LogP contribution in [0, 0.1) is 0 Å². The topological polar surface area (TPSA) is 18.5 Å². The van der Waals surface area contributed by atoms with Crippen molar-refractivity contribution in [3.63, 3.8) is 0 Å². The molecule has 32 heavy (non-hydrogen) atoms. The third-order valence-electron chi connectivity index (χ3n) is 5.81. The number of ether oxygens (including phenoxy) is 2. The lowest BCUT2D eigenvalue weighted by atomic mass is 9.93. The molecule has 5 aromatic carbocycles. The number of hydrogen-bond donors (Lipinski definition) is 0. The molecule has 0 heterocycles. The van der Waals surface area contributed by atoms with Gasteiger partial charge in [-0.05, 0) is 74.1 Å². The summed E-state index contributed by atoms with van der Waals surface area (Å²) in [5, 5.41) is 4.90. The fourth-order valence-corrected chi connectivity index (χ4v) is 4.12. The highest BCUT2D eigenvalue weighted by molar-refractivity contribution is 5.97. The molecule has 0 saturated carbocycles. The first kappa shape index (κ1) is 19.9. The molecule has 5 aromatic rings. The highest BCUT2D eigenvalue weighted by Crippen LogP contribution is 2.34. The molecular weight excluding hydrogens is 392 g/mol. The molecule has 5 rings (SSSR count). The standard InChI is InChI=1S/C30H24O2/c1-31-28-18-27(19-29(20-28)32-2)30(26-14-13-23-8-4-6-10-25(23)17-26)16-21-11-12-22-7-3-5-9-24(22)15-21/h3-20H,1-2H3/b30-16+. The average molecular weight is 417 g/mol. The van der Waals surface area contributed by atoms with Crippen LogP contribution in [0.1, 0.15) is 16.7 Å². The first-order chi connectivity index (χ1) is 15.7. The van der Waals surface area contributed by atoms with Crippen LogP contribution in [-0.2, 0) is 0 Å². The zero-order valence-electron chi connectivity index (χ0n) is 18.2. The van der Waals surface area contributed by atoms with Gasteiger partial charge in [0.2, 0.25) is 0 Å². The van der Waals surface area contributed by atoms with E-state index in [0.29, 0.717) is 0 Å². The summed E-state index contributed by atoms with van der Waals surface area (Å²) >= 11 is 0. The zero-order valence-corrected chi connectivity index (χ0v) is 18.2. The molecule has 0 amide bonds. The van der Waals surface area contributed by atoms with E-state index in [1.807, 2.05) is 6.07 Å². The fraction of sp³-hybridized carbons (Fsp3) is 0.0667. The van der Waals surface area contributed by atoms with Gasteiger partial charge in [-0.1, -0.05) is 72.8 Å². The van der Waals surface area contributed by atoms with E-state index in [1.54, 1.807) is 14.2 Å². The molecule has 0 radical (unpaired) electrons. The Labute approximate surface area is 188 Å². The minimum Gasteiger partial charge on any atom is -0.497 e. The van der Waals surface area contributed by atoms with Crippen molar-refractivity contribution in [2.75, 3.05) is 14.2 Å². The van der Waals surface area contributed by atoms with Gasteiger partial charge in [-0.25, -0.2) is 0 Å². The predicted octanol–water partition coefficient (Wildman–Crippen LogP) is 7.60. The predicted molar refractivity (Wildman–Crippen MR) is 134 cm³/mol. The molecular formula is C30H24O2. The van der Waals surface area contributed by atoms with Crippen LogP contribution in [-0.4, -0.2) is 14.2 Å². The smallest absolute Gasteiger partial charge is 0.123 e. The van der Waals surface area contributed by atoms with Crippen LogP contribution in [0.25, 0.3) is 33.2 Å². The van der Waals surface area contributed by atoms with Crippen molar-refractivity contribution in [2.24, 2.45) is 0 Å². The van der Waals surface area contributed by atoms with Crippen LogP contribution in [0.4, 0.5) is 0 Å². The summed E-state index contributed by atoms with van der Waals surface area (Å²) in [4.78, 5) is 0. The monoisotopic (exact) mass is 416 g/mol. The number of rotatable bonds is 5. The summed E-state index contributed by atoms with van der Waals surface area (Å²) in [5.74, 6) is 1.54. The second-order valence-corrected chi connectivity index (χ2v) is 7.83. The largest absolute Gasteiger partial charge is 0.497 e. The van der Waals surface area contributed by atoms with Crippen LogP contribution in [0.3, 0.4) is 0 Å². The third-order valence-corrected chi connectivity index (χ3v) is 5.81. The van der Waals surface area contributed by atoms with Crippen molar-refractivity contribution in [3.8, 4) is 11.5 Å². The van der Waals surface area contributed by atoms with E-state index < -0.39 is 0 Å². The Hall–Kier alpha value is -4.04. The Kier molecular flexibility index (Phi) is 5.35.